The van der Waals surface area contributed by atoms with E-state index < -0.39 is 0 Å². The van der Waals surface area contributed by atoms with Crippen molar-refractivity contribution in [3.05, 3.63) is 41.7 Å². The summed E-state index contributed by atoms with van der Waals surface area (Å²) >= 11 is 0. The highest BCUT2D eigenvalue weighted by Crippen LogP contribution is 2.22. The molecule has 0 aliphatic rings. The Bertz CT molecular complexity index is 536. The van der Waals surface area contributed by atoms with Gasteiger partial charge >= 0.3 is 0 Å². The Morgan fingerprint density at radius 2 is 2.07 bits per heavy atom. The molecule has 2 nitrogen and oxygen atoms in total. The summed E-state index contributed by atoms with van der Waals surface area (Å²) in [5.41, 5.74) is 1.90. The molecule has 0 fully saturated rings. The van der Waals surface area contributed by atoms with Crippen molar-refractivity contribution >= 4 is 10.8 Å². The maximum absolute atomic E-state index is 8.98. The molecule has 0 amide bonds. The Balaban J connectivity index is 2.74. The average Bonchev–Trinajstić information content (AvgIpc) is 2.27. The van der Waals surface area contributed by atoms with Crippen LogP contribution in [0.25, 0.3) is 10.8 Å². The normalized spacial score (nSPS) is 10.5. The van der Waals surface area contributed by atoms with E-state index in [1.807, 2.05) is 6.07 Å². The first-order valence-corrected chi connectivity index (χ1v) is 5.00. The molecule has 2 aromatic rings. The zero-order chi connectivity index (χ0) is 10.8. The highest BCUT2D eigenvalue weighted by atomic mass is 14.6. The molecular formula is C13H12N2. The number of fused-ring (bicyclic) bond motifs is 1. The van der Waals surface area contributed by atoms with E-state index in [4.69, 9.17) is 5.26 Å². The number of benzene rings is 1. The smallest absolute Gasteiger partial charge is 0.101 e. The molecule has 0 saturated carbocycles. The Kier molecular flexibility index (Phi) is 2.39. The van der Waals surface area contributed by atoms with Crippen molar-refractivity contribution in [3.8, 4) is 6.07 Å². The largest absolute Gasteiger partial charge is 0.263 e. The maximum atomic E-state index is 8.98. The molecule has 0 aliphatic heterocycles. The van der Waals surface area contributed by atoms with Crippen LogP contribution in [0.4, 0.5) is 0 Å². The molecule has 0 radical (unpaired) electrons. The van der Waals surface area contributed by atoms with Gasteiger partial charge in [0.1, 0.15) is 6.07 Å². The zero-order valence-corrected chi connectivity index (χ0v) is 8.86. The van der Waals surface area contributed by atoms with Gasteiger partial charge in [-0.1, -0.05) is 26.0 Å². The Morgan fingerprint density at radius 1 is 1.27 bits per heavy atom. The number of hydrogen-bond donors (Lipinski definition) is 0. The highest BCUT2D eigenvalue weighted by molar-refractivity contribution is 5.87. The Labute approximate surface area is 89.2 Å². The summed E-state index contributed by atoms with van der Waals surface area (Å²) in [4.78, 5) is 4.04. The van der Waals surface area contributed by atoms with Crippen molar-refractivity contribution < 1.29 is 0 Å². The molecule has 15 heavy (non-hydrogen) atoms. The first-order chi connectivity index (χ1) is 7.22. The third-order valence-corrected chi connectivity index (χ3v) is 2.57. The van der Waals surface area contributed by atoms with Crippen LogP contribution in [0.3, 0.4) is 0 Å². The Morgan fingerprint density at radius 3 is 2.73 bits per heavy atom. The van der Waals surface area contributed by atoms with Gasteiger partial charge in [0.25, 0.3) is 0 Å². The van der Waals surface area contributed by atoms with Gasteiger partial charge in [-0.2, -0.15) is 5.26 Å². The fraction of sp³-hybridized carbons (Fsp3) is 0.231. The molecule has 1 aromatic heterocycles. The third-order valence-electron chi connectivity index (χ3n) is 2.57. The molecule has 2 heteroatoms. The summed E-state index contributed by atoms with van der Waals surface area (Å²) in [6.45, 7) is 4.29. The van der Waals surface area contributed by atoms with E-state index in [2.05, 4.69) is 37.0 Å². The molecule has 1 heterocycles. The summed E-state index contributed by atoms with van der Waals surface area (Å²) in [7, 11) is 0. The quantitative estimate of drug-likeness (QED) is 0.702. The van der Waals surface area contributed by atoms with Gasteiger partial charge in [0, 0.05) is 23.2 Å². The zero-order valence-electron chi connectivity index (χ0n) is 8.86. The fourth-order valence-corrected chi connectivity index (χ4v) is 1.63. The van der Waals surface area contributed by atoms with Gasteiger partial charge in [0.05, 0.1) is 5.56 Å². The van der Waals surface area contributed by atoms with Crippen molar-refractivity contribution in [1.82, 2.24) is 4.98 Å². The van der Waals surface area contributed by atoms with Gasteiger partial charge in [-0.3, -0.25) is 4.98 Å². The summed E-state index contributed by atoms with van der Waals surface area (Å²) in [6.07, 6.45) is 3.41. The minimum Gasteiger partial charge on any atom is -0.263 e. The average molecular weight is 196 g/mol. The molecule has 2 rings (SSSR count). The van der Waals surface area contributed by atoms with E-state index >= 15 is 0 Å². The molecule has 74 valence electrons. The summed E-state index contributed by atoms with van der Waals surface area (Å²) < 4.78 is 0. The standard InChI is InChI=1S/C13H12N2/c1-9(2)10-3-4-11-7-15-8-12(6-14)13(11)5-10/h3-5,7-9H,1-2H3. The molecule has 0 aliphatic carbocycles. The molecule has 0 unspecified atom stereocenters. The van der Waals surface area contributed by atoms with Crippen LogP contribution in [0.2, 0.25) is 0 Å². The van der Waals surface area contributed by atoms with Crippen molar-refractivity contribution in [2.45, 2.75) is 19.8 Å². The SMILES string of the molecule is CC(C)c1ccc2cncc(C#N)c2c1. The lowest BCUT2D eigenvalue weighted by molar-refractivity contribution is 0.868. The van der Waals surface area contributed by atoms with Crippen molar-refractivity contribution in [3.63, 3.8) is 0 Å². The minimum atomic E-state index is 0.481. The van der Waals surface area contributed by atoms with Gasteiger partial charge in [0.15, 0.2) is 0 Å². The van der Waals surface area contributed by atoms with Crippen LogP contribution in [-0.2, 0) is 0 Å². The van der Waals surface area contributed by atoms with E-state index in [-0.39, 0.29) is 0 Å². The van der Waals surface area contributed by atoms with Gasteiger partial charge < -0.3 is 0 Å². The number of rotatable bonds is 1. The van der Waals surface area contributed by atoms with E-state index in [0.29, 0.717) is 11.5 Å². The molecule has 0 spiro atoms. The number of nitrogens with zero attached hydrogens (tertiary/aromatic N) is 2. The van der Waals surface area contributed by atoms with Crippen molar-refractivity contribution in [1.29, 1.82) is 5.26 Å². The topological polar surface area (TPSA) is 36.7 Å². The van der Waals surface area contributed by atoms with E-state index in [0.717, 1.165) is 10.8 Å². The number of aromatic nitrogens is 1. The lowest BCUT2D eigenvalue weighted by Crippen LogP contribution is -1.89. The predicted molar refractivity (Wildman–Crippen MR) is 60.5 cm³/mol. The lowest BCUT2D eigenvalue weighted by atomic mass is 9.98. The van der Waals surface area contributed by atoms with Crippen molar-refractivity contribution in [2.24, 2.45) is 0 Å². The number of pyridine rings is 1. The van der Waals surface area contributed by atoms with Crippen LogP contribution in [-0.4, -0.2) is 4.98 Å². The number of nitriles is 1. The van der Waals surface area contributed by atoms with E-state index in [1.54, 1.807) is 12.4 Å². The molecule has 0 saturated heterocycles. The van der Waals surface area contributed by atoms with Crippen LogP contribution in [0, 0.1) is 11.3 Å². The summed E-state index contributed by atoms with van der Waals surface area (Å²) in [5, 5.41) is 11.0. The minimum absolute atomic E-state index is 0.481. The van der Waals surface area contributed by atoms with Gasteiger partial charge in [-0.25, -0.2) is 0 Å². The van der Waals surface area contributed by atoms with Crippen LogP contribution >= 0.6 is 0 Å². The van der Waals surface area contributed by atoms with E-state index in [9.17, 15) is 0 Å². The third kappa shape index (κ3) is 1.69. The first-order valence-electron chi connectivity index (χ1n) is 5.00. The second-order valence-electron chi connectivity index (χ2n) is 3.93. The maximum Gasteiger partial charge on any atom is 0.101 e. The van der Waals surface area contributed by atoms with Gasteiger partial charge in [0.2, 0.25) is 0 Å². The van der Waals surface area contributed by atoms with Crippen LogP contribution < -0.4 is 0 Å². The van der Waals surface area contributed by atoms with Crippen LogP contribution in [0.15, 0.2) is 30.6 Å². The molecule has 1 aromatic carbocycles. The summed E-state index contributed by atoms with van der Waals surface area (Å²) in [6, 6.07) is 8.38. The second-order valence-corrected chi connectivity index (χ2v) is 3.93. The molecule has 0 bridgehead atoms. The monoisotopic (exact) mass is 196 g/mol. The summed E-state index contributed by atoms with van der Waals surface area (Å²) in [5.74, 6) is 0.481. The van der Waals surface area contributed by atoms with Crippen LogP contribution in [0.1, 0.15) is 30.9 Å². The lowest BCUT2D eigenvalue weighted by Gasteiger charge is -2.07. The second kappa shape index (κ2) is 3.70. The predicted octanol–water partition coefficient (Wildman–Crippen LogP) is 3.23. The molecular weight excluding hydrogens is 184 g/mol. The van der Waals surface area contributed by atoms with Crippen molar-refractivity contribution in [2.75, 3.05) is 0 Å². The van der Waals surface area contributed by atoms with E-state index in [1.165, 1.54) is 5.56 Å². The molecule has 0 N–H and O–H groups in total. The first kappa shape index (κ1) is 9.67. The molecule has 0 atom stereocenters. The van der Waals surface area contributed by atoms with Gasteiger partial charge in [-0.15, -0.1) is 0 Å². The Hall–Kier alpha value is -1.88. The van der Waals surface area contributed by atoms with Gasteiger partial charge in [-0.05, 0) is 17.5 Å². The highest BCUT2D eigenvalue weighted by Gasteiger charge is 2.04. The fourth-order valence-electron chi connectivity index (χ4n) is 1.63. The van der Waals surface area contributed by atoms with Crippen LogP contribution in [0.5, 0.6) is 0 Å². The number of hydrogen-bond acceptors (Lipinski definition) is 2.